The number of nitrogens with zero attached hydrogens (tertiary/aromatic N) is 2. The number of aryl methyl sites for hydroxylation is 3. The number of urea groups is 1. The van der Waals surface area contributed by atoms with Crippen LogP contribution in [0.5, 0.6) is 0 Å². The van der Waals surface area contributed by atoms with Gasteiger partial charge in [-0.3, -0.25) is 19.4 Å². The quantitative estimate of drug-likeness (QED) is 0.789. The fourth-order valence-corrected chi connectivity index (χ4v) is 3.46. The fraction of sp³-hybridized carbons (Fsp3) is 0.348. The summed E-state index contributed by atoms with van der Waals surface area (Å²) in [5.74, 6) is -0.736. The van der Waals surface area contributed by atoms with Crippen LogP contribution in [-0.2, 0) is 9.59 Å². The molecular weight excluding hydrogens is 366 g/mol. The maximum atomic E-state index is 12.8. The summed E-state index contributed by atoms with van der Waals surface area (Å²) in [4.78, 5) is 40.5. The highest BCUT2D eigenvalue weighted by Gasteiger charge is 2.44. The molecule has 6 heteroatoms. The largest absolute Gasteiger partial charge is 0.348 e. The topological polar surface area (TPSA) is 69.7 Å². The van der Waals surface area contributed by atoms with Gasteiger partial charge in [0.2, 0.25) is 5.91 Å². The van der Waals surface area contributed by atoms with Gasteiger partial charge >= 0.3 is 6.03 Å². The van der Waals surface area contributed by atoms with Gasteiger partial charge in [-0.25, -0.2) is 4.79 Å². The standard InChI is InChI=1S/C23H27N3O3/c1-14-6-10-20(11-7-14)26-18(5)22(28)25(23(26)29)13-21(27)24-17(4)19-9-8-15(2)16(3)12-19/h6-12,17-18H,13H2,1-5H3,(H,24,27). The molecule has 1 fully saturated rings. The minimum Gasteiger partial charge on any atom is -0.348 e. The van der Waals surface area contributed by atoms with Crippen LogP contribution in [-0.4, -0.2) is 35.3 Å². The van der Waals surface area contributed by atoms with Crippen LogP contribution in [0.1, 0.15) is 42.1 Å². The molecule has 2 aromatic rings. The first kappa shape index (κ1) is 20.6. The van der Waals surface area contributed by atoms with Crippen molar-refractivity contribution < 1.29 is 14.4 Å². The molecule has 0 saturated carbocycles. The predicted molar refractivity (Wildman–Crippen MR) is 113 cm³/mol. The third-order valence-electron chi connectivity index (χ3n) is 5.47. The zero-order valence-electron chi connectivity index (χ0n) is 17.5. The average Bonchev–Trinajstić information content (AvgIpc) is 2.88. The molecule has 1 aliphatic heterocycles. The average molecular weight is 393 g/mol. The number of amides is 4. The van der Waals surface area contributed by atoms with Crippen molar-refractivity contribution in [3.63, 3.8) is 0 Å². The minimum atomic E-state index is -0.643. The highest BCUT2D eigenvalue weighted by molar-refractivity contribution is 6.15. The van der Waals surface area contributed by atoms with E-state index in [0.717, 1.165) is 21.6 Å². The normalized spacial score (nSPS) is 17.6. The third-order valence-corrected chi connectivity index (χ3v) is 5.47. The summed E-state index contributed by atoms with van der Waals surface area (Å²) in [5.41, 5.74) is 5.03. The van der Waals surface area contributed by atoms with E-state index in [2.05, 4.69) is 5.32 Å². The van der Waals surface area contributed by atoms with Crippen molar-refractivity contribution in [3.8, 4) is 0 Å². The van der Waals surface area contributed by atoms with E-state index in [1.165, 1.54) is 10.5 Å². The number of imide groups is 1. The van der Waals surface area contributed by atoms with Gasteiger partial charge in [-0.2, -0.15) is 0 Å². The van der Waals surface area contributed by atoms with Gasteiger partial charge in [0.05, 0.1) is 6.04 Å². The van der Waals surface area contributed by atoms with Crippen LogP contribution in [0.2, 0.25) is 0 Å². The van der Waals surface area contributed by atoms with E-state index in [4.69, 9.17) is 0 Å². The highest BCUT2D eigenvalue weighted by atomic mass is 16.2. The van der Waals surface area contributed by atoms with Gasteiger partial charge in [-0.1, -0.05) is 35.9 Å². The summed E-state index contributed by atoms with van der Waals surface area (Å²) in [5, 5.41) is 2.88. The molecule has 2 atom stereocenters. The Morgan fingerprint density at radius 2 is 1.69 bits per heavy atom. The molecule has 0 radical (unpaired) electrons. The number of benzene rings is 2. The Labute approximate surface area is 171 Å². The Balaban J connectivity index is 1.69. The number of anilines is 1. The lowest BCUT2D eigenvalue weighted by Crippen LogP contribution is -2.42. The summed E-state index contributed by atoms with van der Waals surface area (Å²) < 4.78 is 0. The van der Waals surface area contributed by atoms with Crippen LogP contribution in [0.3, 0.4) is 0 Å². The van der Waals surface area contributed by atoms with E-state index in [9.17, 15) is 14.4 Å². The van der Waals surface area contributed by atoms with Gasteiger partial charge < -0.3 is 5.32 Å². The van der Waals surface area contributed by atoms with Gasteiger partial charge in [0.1, 0.15) is 12.6 Å². The Morgan fingerprint density at radius 1 is 1.03 bits per heavy atom. The second-order valence-corrected chi connectivity index (χ2v) is 7.72. The van der Waals surface area contributed by atoms with Crippen LogP contribution in [0.25, 0.3) is 0 Å². The monoisotopic (exact) mass is 393 g/mol. The molecule has 0 bridgehead atoms. The number of nitrogens with one attached hydrogen (secondary N) is 1. The second kappa shape index (κ2) is 8.07. The lowest BCUT2D eigenvalue weighted by Gasteiger charge is -2.20. The number of hydrogen-bond donors (Lipinski definition) is 1. The number of hydrogen-bond acceptors (Lipinski definition) is 3. The molecule has 152 valence electrons. The maximum absolute atomic E-state index is 12.8. The van der Waals surface area contributed by atoms with E-state index < -0.39 is 12.1 Å². The van der Waals surface area contributed by atoms with Crippen molar-refractivity contribution in [2.45, 2.75) is 46.7 Å². The Hall–Kier alpha value is -3.15. The van der Waals surface area contributed by atoms with Crippen molar-refractivity contribution in [1.29, 1.82) is 0 Å². The smallest absolute Gasteiger partial charge is 0.332 e. The number of carbonyl (C=O) groups excluding carboxylic acids is 3. The molecule has 4 amide bonds. The molecule has 1 heterocycles. The maximum Gasteiger partial charge on any atom is 0.332 e. The van der Waals surface area contributed by atoms with E-state index in [1.54, 1.807) is 6.92 Å². The summed E-state index contributed by atoms with van der Waals surface area (Å²) in [7, 11) is 0. The van der Waals surface area contributed by atoms with Gasteiger partial charge in [0.15, 0.2) is 0 Å². The summed E-state index contributed by atoms with van der Waals surface area (Å²) >= 11 is 0. The second-order valence-electron chi connectivity index (χ2n) is 7.72. The predicted octanol–water partition coefficient (Wildman–Crippen LogP) is 3.65. The van der Waals surface area contributed by atoms with Crippen LogP contribution < -0.4 is 10.2 Å². The molecule has 0 aliphatic carbocycles. The molecule has 29 heavy (non-hydrogen) atoms. The molecule has 2 aromatic carbocycles. The van der Waals surface area contributed by atoms with E-state index in [0.29, 0.717) is 5.69 Å². The zero-order valence-corrected chi connectivity index (χ0v) is 17.5. The van der Waals surface area contributed by atoms with E-state index in [-0.39, 0.29) is 24.4 Å². The molecule has 0 aromatic heterocycles. The first-order valence-corrected chi connectivity index (χ1v) is 9.76. The van der Waals surface area contributed by atoms with Crippen LogP contribution in [0, 0.1) is 20.8 Å². The van der Waals surface area contributed by atoms with Gasteiger partial charge in [-0.15, -0.1) is 0 Å². The van der Waals surface area contributed by atoms with Crippen LogP contribution in [0.4, 0.5) is 10.5 Å². The molecular formula is C23H27N3O3. The van der Waals surface area contributed by atoms with E-state index in [1.807, 2.05) is 70.2 Å². The molecule has 1 saturated heterocycles. The molecule has 1 N–H and O–H groups in total. The molecule has 0 spiro atoms. The van der Waals surface area contributed by atoms with Crippen molar-refractivity contribution in [2.24, 2.45) is 0 Å². The van der Waals surface area contributed by atoms with Gasteiger partial charge in [0, 0.05) is 5.69 Å². The van der Waals surface area contributed by atoms with Crippen LogP contribution in [0.15, 0.2) is 42.5 Å². The fourth-order valence-electron chi connectivity index (χ4n) is 3.46. The number of carbonyl (C=O) groups is 3. The molecule has 3 rings (SSSR count). The number of rotatable bonds is 5. The van der Waals surface area contributed by atoms with Gasteiger partial charge in [-0.05, 0) is 63.4 Å². The van der Waals surface area contributed by atoms with Crippen molar-refractivity contribution in [3.05, 3.63) is 64.7 Å². The highest BCUT2D eigenvalue weighted by Crippen LogP contribution is 2.26. The first-order valence-electron chi connectivity index (χ1n) is 9.76. The van der Waals surface area contributed by atoms with Crippen molar-refractivity contribution in [1.82, 2.24) is 10.2 Å². The summed E-state index contributed by atoms with van der Waals surface area (Å²) in [6.07, 6.45) is 0. The molecule has 2 unspecified atom stereocenters. The summed E-state index contributed by atoms with van der Waals surface area (Å²) in [6, 6.07) is 12.1. The lowest BCUT2D eigenvalue weighted by molar-refractivity contribution is -0.132. The lowest BCUT2D eigenvalue weighted by atomic mass is 10.0. The van der Waals surface area contributed by atoms with Crippen molar-refractivity contribution >= 4 is 23.5 Å². The Morgan fingerprint density at radius 3 is 2.31 bits per heavy atom. The zero-order chi connectivity index (χ0) is 21.3. The minimum absolute atomic E-state index is 0.222. The van der Waals surface area contributed by atoms with E-state index >= 15 is 0 Å². The van der Waals surface area contributed by atoms with Gasteiger partial charge in [0.25, 0.3) is 5.91 Å². The third kappa shape index (κ3) is 4.16. The van der Waals surface area contributed by atoms with Crippen molar-refractivity contribution in [2.75, 3.05) is 11.4 Å². The SMILES string of the molecule is Cc1ccc(N2C(=O)N(CC(=O)NC(C)c3ccc(C)c(C)c3)C(=O)C2C)cc1. The molecule has 6 nitrogen and oxygen atoms in total. The Bertz CT molecular complexity index is 952. The first-order chi connectivity index (χ1) is 13.7. The Kier molecular flexibility index (Phi) is 5.73. The summed E-state index contributed by atoms with van der Waals surface area (Å²) in [6.45, 7) is 9.29. The van der Waals surface area contributed by atoms with Crippen LogP contribution >= 0.6 is 0 Å². The molecule has 1 aliphatic rings.